The molecule has 0 saturated heterocycles. The fourth-order valence-electron chi connectivity index (χ4n) is 2.97. The van der Waals surface area contributed by atoms with Crippen molar-refractivity contribution in [2.24, 2.45) is 0 Å². The maximum Gasteiger partial charge on any atom is 0.257 e. The number of hydrogen-bond donors (Lipinski definition) is 0. The molecule has 0 radical (unpaired) electrons. The summed E-state index contributed by atoms with van der Waals surface area (Å²) in [5, 5.41) is 0. The van der Waals surface area contributed by atoms with E-state index in [1.165, 1.54) is 19.2 Å². The summed E-state index contributed by atoms with van der Waals surface area (Å²) in [5.74, 6) is 0.733. The minimum Gasteiger partial charge on any atom is -0.493 e. The summed E-state index contributed by atoms with van der Waals surface area (Å²) in [6, 6.07) is 9.81. The van der Waals surface area contributed by atoms with E-state index < -0.39 is 5.82 Å². The number of amides is 1. The van der Waals surface area contributed by atoms with Crippen LogP contribution in [0.15, 0.2) is 36.4 Å². The number of ether oxygens (including phenoxy) is 3. The highest BCUT2D eigenvalue weighted by molar-refractivity contribution is 5.94. The largest absolute Gasteiger partial charge is 0.493 e. The van der Waals surface area contributed by atoms with E-state index in [9.17, 15) is 9.18 Å². The van der Waals surface area contributed by atoms with E-state index in [0.717, 1.165) is 18.4 Å². The molecule has 0 atom stereocenters. The van der Waals surface area contributed by atoms with Crippen LogP contribution in [0, 0.1) is 5.82 Å². The maximum atomic E-state index is 14.1. The van der Waals surface area contributed by atoms with Crippen molar-refractivity contribution in [1.29, 1.82) is 0 Å². The van der Waals surface area contributed by atoms with Crippen LogP contribution in [0.3, 0.4) is 0 Å². The molecule has 2 aromatic carbocycles. The lowest BCUT2D eigenvalue weighted by Crippen LogP contribution is -2.33. The van der Waals surface area contributed by atoms with Gasteiger partial charge in [0.05, 0.1) is 26.9 Å². The minimum atomic E-state index is -0.506. The monoisotopic (exact) mass is 359 g/mol. The lowest BCUT2D eigenvalue weighted by molar-refractivity contribution is 0.0725. The second kappa shape index (κ2) is 7.64. The summed E-state index contributed by atoms with van der Waals surface area (Å²) in [6.45, 7) is 0.342. The van der Waals surface area contributed by atoms with Gasteiger partial charge in [0.25, 0.3) is 5.91 Å². The Morgan fingerprint density at radius 3 is 2.19 bits per heavy atom. The molecule has 0 heterocycles. The van der Waals surface area contributed by atoms with Crippen molar-refractivity contribution >= 4 is 5.91 Å². The Balaban J connectivity index is 1.92. The zero-order chi connectivity index (χ0) is 18.7. The van der Waals surface area contributed by atoms with Gasteiger partial charge in [-0.1, -0.05) is 12.1 Å². The van der Waals surface area contributed by atoms with Gasteiger partial charge < -0.3 is 19.1 Å². The van der Waals surface area contributed by atoms with Gasteiger partial charge in [0.2, 0.25) is 5.75 Å². The van der Waals surface area contributed by atoms with E-state index in [0.29, 0.717) is 23.8 Å². The van der Waals surface area contributed by atoms with E-state index in [1.807, 2.05) is 12.1 Å². The van der Waals surface area contributed by atoms with Gasteiger partial charge in [-0.15, -0.1) is 0 Å². The molecule has 1 saturated carbocycles. The Kier molecular flexibility index (Phi) is 5.30. The lowest BCUT2D eigenvalue weighted by Gasteiger charge is -2.24. The van der Waals surface area contributed by atoms with Gasteiger partial charge in [0.15, 0.2) is 11.5 Å². The highest BCUT2D eigenvalue weighted by atomic mass is 19.1. The first-order valence-corrected chi connectivity index (χ1v) is 8.43. The number of nitrogens with zero attached hydrogens (tertiary/aromatic N) is 1. The van der Waals surface area contributed by atoms with Crippen molar-refractivity contribution in [2.45, 2.75) is 25.4 Å². The Morgan fingerprint density at radius 1 is 1.08 bits per heavy atom. The fourth-order valence-corrected chi connectivity index (χ4v) is 2.97. The van der Waals surface area contributed by atoms with E-state index in [2.05, 4.69) is 0 Å². The molecule has 0 spiro atoms. The first-order chi connectivity index (χ1) is 12.6. The van der Waals surface area contributed by atoms with Crippen LogP contribution in [0.4, 0.5) is 4.39 Å². The van der Waals surface area contributed by atoms with E-state index in [1.54, 1.807) is 31.3 Å². The molecular formula is C20H22FNO4. The van der Waals surface area contributed by atoms with Crippen LogP contribution in [0.5, 0.6) is 17.2 Å². The predicted molar refractivity (Wildman–Crippen MR) is 95.4 cm³/mol. The van der Waals surface area contributed by atoms with Gasteiger partial charge >= 0.3 is 0 Å². The molecule has 6 heteroatoms. The van der Waals surface area contributed by atoms with Crippen LogP contribution in [0.25, 0.3) is 0 Å². The van der Waals surface area contributed by atoms with Gasteiger partial charge in [0.1, 0.15) is 5.82 Å². The molecule has 0 unspecified atom stereocenters. The summed E-state index contributed by atoms with van der Waals surface area (Å²) in [6.07, 6.45) is 1.84. The van der Waals surface area contributed by atoms with Crippen LogP contribution in [0.2, 0.25) is 0 Å². The van der Waals surface area contributed by atoms with E-state index in [-0.39, 0.29) is 17.5 Å². The first-order valence-electron chi connectivity index (χ1n) is 8.43. The third kappa shape index (κ3) is 3.59. The van der Waals surface area contributed by atoms with Crippen LogP contribution >= 0.6 is 0 Å². The summed E-state index contributed by atoms with van der Waals surface area (Å²) in [5.41, 5.74) is 0.919. The minimum absolute atomic E-state index is 0.0897. The number of methoxy groups -OCH3 is 3. The molecule has 2 aromatic rings. The average molecular weight is 359 g/mol. The Labute approximate surface area is 152 Å². The molecular weight excluding hydrogens is 337 g/mol. The Hall–Kier alpha value is -2.76. The molecule has 26 heavy (non-hydrogen) atoms. The van der Waals surface area contributed by atoms with Crippen molar-refractivity contribution in [2.75, 3.05) is 21.3 Å². The predicted octanol–water partition coefficient (Wildman–Crippen LogP) is 3.66. The van der Waals surface area contributed by atoms with Crippen molar-refractivity contribution in [3.8, 4) is 17.2 Å². The summed E-state index contributed by atoms with van der Waals surface area (Å²) in [7, 11) is 4.63. The van der Waals surface area contributed by atoms with Gasteiger partial charge in [-0.3, -0.25) is 4.79 Å². The molecule has 1 amide bonds. The number of hydrogen-bond acceptors (Lipinski definition) is 4. The van der Waals surface area contributed by atoms with E-state index in [4.69, 9.17) is 14.2 Å². The second-order valence-corrected chi connectivity index (χ2v) is 6.18. The van der Waals surface area contributed by atoms with Gasteiger partial charge in [-0.2, -0.15) is 0 Å². The fraction of sp³-hybridized carbons (Fsp3) is 0.350. The summed E-state index contributed by atoms with van der Waals surface area (Å²) >= 11 is 0. The molecule has 138 valence electrons. The molecule has 0 aliphatic heterocycles. The van der Waals surface area contributed by atoms with Crippen molar-refractivity contribution in [3.63, 3.8) is 0 Å². The normalized spacial score (nSPS) is 13.2. The smallest absolute Gasteiger partial charge is 0.257 e. The molecule has 3 rings (SSSR count). The van der Waals surface area contributed by atoms with Crippen LogP contribution < -0.4 is 14.2 Å². The highest BCUT2D eigenvalue weighted by Gasteiger charge is 2.34. The Bertz CT molecular complexity index is 779. The molecule has 1 aliphatic rings. The zero-order valence-corrected chi connectivity index (χ0v) is 15.1. The van der Waals surface area contributed by atoms with Crippen LogP contribution in [0.1, 0.15) is 28.8 Å². The number of rotatable bonds is 7. The number of carbonyl (C=O) groups is 1. The lowest BCUT2D eigenvalue weighted by atomic mass is 10.1. The third-order valence-electron chi connectivity index (χ3n) is 4.43. The van der Waals surface area contributed by atoms with Crippen molar-refractivity contribution < 1.29 is 23.4 Å². The second-order valence-electron chi connectivity index (χ2n) is 6.18. The van der Waals surface area contributed by atoms with Gasteiger partial charge in [-0.25, -0.2) is 4.39 Å². The zero-order valence-electron chi connectivity index (χ0n) is 15.1. The van der Waals surface area contributed by atoms with Gasteiger partial charge in [0, 0.05) is 12.6 Å². The van der Waals surface area contributed by atoms with Crippen LogP contribution in [-0.2, 0) is 6.54 Å². The van der Waals surface area contributed by atoms with E-state index >= 15 is 0 Å². The SMILES string of the molecule is COc1cc(CN(C(=O)c2ccccc2F)C2CC2)cc(OC)c1OC. The number of halogens is 1. The molecule has 1 aliphatic carbocycles. The molecule has 0 N–H and O–H groups in total. The Morgan fingerprint density at radius 2 is 1.69 bits per heavy atom. The average Bonchev–Trinajstić information content (AvgIpc) is 3.50. The third-order valence-corrected chi connectivity index (χ3v) is 4.43. The molecule has 0 aromatic heterocycles. The summed E-state index contributed by atoms with van der Waals surface area (Å²) in [4.78, 5) is 14.6. The molecule has 0 bridgehead atoms. The van der Waals surface area contributed by atoms with Crippen LogP contribution in [-0.4, -0.2) is 38.2 Å². The quantitative estimate of drug-likeness (QED) is 0.757. The molecule has 1 fully saturated rings. The maximum absolute atomic E-state index is 14.1. The van der Waals surface area contributed by atoms with Crippen molar-refractivity contribution in [3.05, 3.63) is 53.3 Å². The standard InChI is InChI=1S/C20H22FNO4/c1-24-17-10-13(11-18(25-2)19(17)26-3)12-22(14-8-9-14)20(23)15-6-4-5-7-16(15)21/h4-7,10-11,14H,8-9,12H2,1-3H3. The number of benzene rings is 2. The van der Waals surface area contributed by atoms with Crippen molar-refractivity contribution in [1.82, 2.24) is 4.90 Å². The highest BCUT2D eigenvalue weighted by Crippen LogP contribution is 2.39. The topological polar surface area (TPSA) is 48.0 Å². The first kappa shape index (κ1) is 18.0. The number of carbonyl (C=O) groups excluding carboxylic acids is 1. The van der Waals surface area contributed by atoms with Gasteiger partial charge in [-0.05, 0) is 42.7 Å². The summed E-state index contributed by atoms with van der Waals surface area (Å²) < 4.78 is 30.1. The molecule has 5 nitrogen and oxygen atoms in total.